The number of hydrogen-bond donors (Lipinski definition) is 1. The molecule has 3 fully saturated rings. The maximum atomic E-state index is 12.2. The molecule has 0 aliphatic carbocycles. The van der Waals surface area contributed by atoms with Crippen molar-refractivity contribution in [3.63, 3.8) is 0 Å². The van der Waals surface area contributed by atoms with Gasteiger partial charge in [-0.05, 0) is 13.8 Å². The summed E-state index contributed by atoms with van der Waals surface area (Å²) < 4.78 is 5.03. The summed E-state index contributed by atoms with van der Waals surface area (Å²) in [6, 6.07) is 0.437. The maximum absolute atomic E-state index is 12.2. The molecule has 1 aromatic rings. The van der Waals surface area contributed by atoms with E-state index in [0.29, 0.717) is 29.6 Å². The van der Waals surface area contributed by atoms with Gasteiger partial charge in [0.25, 0.3) is 5.91 Å². The van der Waals surface area contributed by atoms with Crippen molar-refractivity contribution in [2.24, 2.45) is 0 Å². The fourth-order valence-electron chi connectivity index (χ4n) is 3.02. The summed E-state index contributed by atoms with van der Waals surface area (Å²) in [7, 11) is 0. The molecule has 0 spiro atoms. The van der Waals surface area contributed by atoms with Crippen LogP contribution in [0, 0.1) is 13.8 Å². The summed E-state index contributed by atoms with van der Waals surface area (Å²) in [5.74, 6) is 0.512. The van der Waals surface area contributed by atoms with Crippen molar-refractivity contribution in [1.29, 1.82) is 0 Å². The van der Waals surface area contributed by atoms with E-state index in [0.717, 1.165) is 32.7 Å². The molecule has 1 aromatic heterocycles. The third-order valence-electron chi connectivity index (χ3n) is 4.15. The Balaban J connectivity index is 1.59. The molecule has 4 rings (SSSR count). The smallest absolute Gasteiger partial charge is 0.256 e. The molecule has 3 saturated heterocycles. The Hall–Kier alpha value is -1.40. The normalized spacial score (nSPS) is 29.5. The SMILES string of the molecule is Cc1noc(C)c1C(=O)NCC1CN2CCN1CC2. The second-order valence-corrected chi connectivity index (χ2v) is 5.40. The van der Waals surface area contributed by atoms with Crippen LogP contribution in [0.3, 0.4) is 0 Å². The number of carbonyl (C=O) groups is 1. The molecule has 6 nitrogen and oxygen atoms in total. The van der Waals surface area contributed by atoms with Crippen molar-refractivity contribution in [2.75, 3.05) is 39.3 Å². The molecule has 1 atom stereocenters. The zero-order valence-electron chi connectivity index (χ0n) is 11.5. The van der Waals surface area contributed by atoms with E-state index in [1.807, 2.05) is 0 Å². The van der Waals surface area contributed by atoms with Gasteiger partial charge in [0.2, 0.25) is 0 Å². The number of hydrogen-bond acceptors (Lipinski definition) is 5. The van der Waals surface area contributed by atoms with Gasteiger partial charge >= 0.3 is 0 Å². The number of rotatable bonds is 3. The first kappa shape index (κ1) is 12.6. The fraction of sp³-hybridized carbons (Fsp3) is 0.692. The van der Waals surface area contributed by atoms with E-state index in [9.17, 15) is 4.79 Å². The number of nitrogens with zero attached hydrogens (tertiary/aromatic N) is 3. The van der Waals surface area contributed by atoms with Crippen LogP contribution in [0.15, 0.2) is 4.52 Å². The van der Waals surface area contributed by atoms with Gasteiger partial charge < -0.3 is 9.84 Å². The average molecular weight is 264 g/mol. The van der Waals surface area contributed by atoms with E-state index in [2.05, 4.69) is 20.3 Å². The van der Waals surface area contributed by atoms with Gasteiger partial charge in [-0.25, -0.2) is 0 Å². The Morgan fingerprint density at radius 1 is 1.37 bits per heavy atom. The van der Waals surface area contributed by atoms with Crippen molar-refractivity contribution in [1.82, 2.24) is 20.3 Å². The zero-order chi connectivity index (χ0) is 13.4. The monoisotopic (exact) mass is 264 g/mol. The van der Waals surface area contributed by atoms with Crippen molar-refractivity contribution >= 4 is 5.91 Å². The van der Waals surface area contributed by atoms with Crippen molar-refractivity contribution in [3.05, 3.63) is 17.0 Å². The van der Waals surface area contributed by atoms with Crippen LogP contribution >= 0.6 is 0 Å². The second kappa shape index (κ2) is 4.94. The maximum Gasteiger partial charge on any atom is 0.256 e. The first-order valence-corrected chi connectivity index (χ1v) is 6.82. The number of fused-ring (bicyclic) bond motifs is 3. The summed E-state index contributed by atoms with van der Waals surface area (Å²) in [6.45, 7) is 9.87. The van der Waals surface area contributed by atoms with Crippen LogP contribution in [-0.2, 0) is 0 Å². The molecule has 1 unspecified atom stereocenters. The van der Waals surface area contributed by atoms with Gasteiger partial charge in [-0.2, -0.15) is 0 Å². The minimum Gasteiger partial charge on any atom is -0.361 e. The molecule has 6 heteroatoms. The Morgan fingerprint density at radius 2 is 2.11 bits per heavy atom. The second-order valence-electron chi connectivity index (χ2n) is 5.40. The summed E-state index contributed by atoms with van der Waals surface area (Å²) in [5, 5.41) is 6.83. The number of aryl methyl sites for hydroxylation is 2. The number of amides is 1. The van der Waals surface area contributed by atoms with E-state index < -0.39 is 0 Å². The van der Waals surface area contributed by atoms with Gasteiger partial charge in [-0.1, -0.05) is 5.16 Å². The van der Waals surface area contributed by atoms with Crippen LogP contribution in [0.2, 0.25) is 0 Å². The van der Waals surface area contributed by atoms with E-state index >= 15 is 0 Å². The van der Waals surface area contributed by atoms with Gasteiger partial charge in [0.15, 0.2) is 0 Å². The highest BCUT2D eigenvalue weighted by Gasteiger charge is 2.32. The number of nitrogens with one attached hydrogen (secondary N) is 1. The Kier molecular flexibility index (Phi) is 3.28. The zero-order valence-corrected chi connectivity index (χ0v) is 11.5. The van der Waals surface area contributed by atoms with Crippen LogP contribution in [0.5, 0.6) is 0 Å². The highest BCUT2D eigenvalue weighted by Crippen LogP contribution is 2.16. The molecule has 1 N–H and O–H groups in total. The molecule has 104 valence electrons. The largest absolute Gasteiger partial charge is 0.361 e. The molecular weight excluding hydrogens is 244 g/mol. The first-order valence-electron chi connectivity index (χ1n) is 6.82. The van der Waals surface area contributed by atoms with Gasteiger partial charge in [-0.3, -0.25) is 14.6 Å². The van der Waals surface area contributed by atoms with E-state index in [-0.39, 0.29) is 5.91 Å². The van der Waals surface area contributed by atoms with Gasteiger partial charge in [0.1, 0.15) is 11.3 Å². The Morgan fingerprint density at radius 3 is 2.63 bits per heavy atom. The topological polar surface area (TPSA) is 61.6 Å². The molecule has 4 heterocycles. The molecule has 2 bridgehead atoms. The van der Waals surface area contributed by atoms with E-state index in [1.54, 1.807) is 13.8 Å². The fourth-order valence-corrected chi connectivity index (χ4v) is 3.02. The van der Waals surface area contributed by atoms with Gasteiger partial charge in [0, 0.05) is 45.3 Å². The van der Waals surface area contributed by atoms with Gasteiger partial charge in [0.05, 0.1) is 5.69 Å². The summed E-state index contributed by atoms with van der Waals surface area (Å²) >= 11 is 0. The summed E-state index contributed by atoms with van der Waals surface area (Å²) in [5.41, 5.74) is 1.24. The van der Waals surface area contributed by atoms with E-state index in [1.165, 1.54) is 0 Å². The molecule has 1 amide bonds. The van der Waals surface area contributed by atoms with E-state index in [4.69, 9.17) is 4.52 Å². The quantitative estimate of drug-likeness (QED) is 0.834. The third-order valence-corrected chi connectivity index (χ3v) is 4.15. The number of carbonyl (C=O) groups excluding carboxylic acids is 1. The highest BCUT2D eigenvalue weighted by atomic mass is 16.5. The Labute approximate surface area is 112 Å². The summed E-state index contributed by atoms with van der Waals surface area (Å²) in [4.78, 5) is 17.1. The third kappa shape index (κ3) is 2.37. The first-order chi connectivity index (χ1) is 9.15. The van der Waals surface area contributed by atoms with Crippen LogP contribution in [0.4, 0.5) is 0 Å². The standard InChI is InChI=1S/C13H20N4O2/c1-9-12(10(2)19-15-9)13(18)14-7-11-8-16-3-5-17(11)6-4-16/h11H,3-8H2,1-2H3,(H,14,18). The predicted octanol–water partition coefficient (Wildman–Crippen LogP) is 0.0210. The lowest BCUT2D eigenvalue weighted by molar-refractivity contribution is 0.0138. The number of piperazine rings is 3. The van der Waals surface area contributed by atoms with Crippen LogP contribution in [0.25, 0.3) is 0 Å². The van der Waals surface area contributed by atoms with Crippen LogP contribution in [0.1, 0.15) is 21.8 Å². The molecule has 0 aromatic carbocycles. The lowest BCUT2D eigenvalue weighted by Gasteiger charge is -2.47. The molecule has 19 heavy (non-hydrogen) atoms. The molecule has 0 saturated carbocycles. The van der Waals surface area contributed by atoms with Crippen molar-refractivity contribution in [2.45, 2.75) is 19.9 Å². The lowest BCUT2D eigenvalue weighted by Crippen LogP contribution is -2.63. The highest BCUT2D eigenvalue weighted by molar-refractivity contribution is 5.96. The average Bonchev–Trinajstić information content (AvgIpc) is 2.77. The Bertz CT molecular complexity index is 457. The lowest BCUT2D eigenvalue weighted by atomic mass is 10.1. The van der Waals surface area contributed by atoms with Crippen molar-refractivity contribution in [3.8, 4) is 0 Å². The summed E-state index contributed by atoms with van der Waals surface area (Å²) in [6.07, 6.45) is 0. The van der Waals surface area contributed by atoms with Crippen molar-refractivity contribution < 1.29 is 9.32 Å². The van der Waals surface area contributed by atoms with Gasteiger partial charge in [-0.15, -0.1) is 0 Å². The molecule has 0 radical (unpaired) electrons. The number of aromatic nitrogens is 1. The minimum atomic E-state index is -0.0751. The molecular formula is C13H20N4O2. The minimum absolute atomic E-state index is 0.0751. The molecule has 3 aliphatic rings. The van der Waals surface area contributed by atoms with Crippen LogP contribution in [-0.4, -0.2) is 66.2 Å². The molecule has 3 aliphatic heterocycles. The van der Waals surface area contributed by atoms with Crippen LogP contribution < -0.4 is 5.32 Å². The predicted molar refractivity (Wildman–Crippen MR) is 70.1 cm³/mol.